The van der Waals surface area contributed by atoms with E-state index in [4.69, 9.17) is 4.74 Å². The molecule has 0 bridgehead atoms. The molecule has 0 amide bonds. The molecule has 1 spiro atoms. The zero-order valence-corrected chi connectivity index (χ0v) is 18.3. The predicted octanol–water partition coefficient (Wildman–Crippen LogP) is 6.98. The van der Waals surface area contributed by atoms with E-state index in [1.807, 2.05) is 0 Å². The van der Waals surface area contributed by atoms with Crippen molar-refractivity contribution in [2.45, 2.75) is 24.3 Å². The normalized spacial score (nSPS) is 19.6. The molecule has 2 aliphatic rings. The second kappa shape index (κ2) is 7.27. The van der Waals surface area contributed by atoms with Crippen LogP contribution in [-0.4, -0.2) is 7.11 Å². The summed E-state index contributed by atoms with van der Waals surface area (Å²) in [5.74, 6) is 0.896. The van der Waals surface area contributed by atoms with Crippen LogP contribution in [0, 0.1) is 5.41 Å². The maximum Gasteiger partial charge on any atom is 0.118 e. The molecule has 1 fully saturated rings. The second-order valence-corrected chi connectivity index (χ2v) is 9.03. The van der Waals surface area contributed by atoms with Crippen LogP contribution >= 0.6 is 0 Å². The standard InChI is InChI=1S/C30H27NO/c1-32-25-18-16-22(17-19-25)28-29(20-21-29)30(23-10-4-2-5-11-23,24-12-6-3-7-13-24)26-14-8-9-15-27(26)31-28/h2-19,28,31H,20-21H2,1H3. The fourth-order valence-electron chi connectivity index (χ4n) is 6.14. The highest BCUT2D eigenvalue weighted by Gasteiger charge is 2.67. The highest BCUT2D eigenvalue weighted by molar-refractivity contribution is 5.70. The average Bonchev–Trinajstić information content (AvgIpc) is 3.66. The molecular weight excluding hydrogens is 390 g/mol. The van der Waals surface area contributed by atoms with Crippen LogP contribution in [0.2, 0.25) is 0 Å². The number of ether oxygens (including phenoxy) is 1. The van der Waals surface area contributed by atoms with Gasteiger partial charge in [0, 0.05) is 11.1 Å². The quantitative estimate of drug-likeness (QED) is 0.387. The Labute approximate surface area is 189 Å². The third kappa shape index (κ3) is 2.59. The molecule has 1 aliphatic heterocycles. The van der Waals surface area contributed by atoms with Crippen molar-refractivity contribution in [1.29, 1.82) is 0 Å². The van der Waals surface area contributed by atoms with Crippen LogP contribution in [0.15, 0.2) is 109 Å². The molecule has 1 atom stereocenters. The van der Waals surface area contributed by atoms with Crippen LogP contribution in [-0.2, 0) is 5.41 Å². The van der Waals surface area contributed by atoms with Gasteiger partial charge in [0.15, 0.2) is 0 Å². The Morgan fingerprint density at radius 3 is 1.81 bits per heavy atom. The fourth-order valence-corrected chi connectivity index (χ4v) is 6.14. The van der Waals surface area contributed by atoms with Crippen LogP contribution in [0.4, 0.5) is 5.69 Å². The van der Waals surface area contributed by atoms with Gasteiger partial charge in [-0.1, -0.05) is 91.0 Å². The average molecular weight is 418 g/mol. The summed E-state index contributed by atoms with van der Waals surface area (Å²) in [6.07, 6.45) is 2.35. The van der Waals surface area contributed by atoms with E-state index in [2.05, 4.69) is 115 Å². The van der Waals surface area contributed by atoms with Gasteiger partial charge in [-0.3, -0.25) is 0 Å². The van der Waals surface area contributed by atoms with E-state index in [9.17, 15) is 0 Å². The molecule has 32 heavy (non-hydrogen) atoms. The van der Waals surface area contributed by atoms with Gasteiger partial charge in [0.25, 0.3) is 0 Å². The number of nitrogens with one attached hydrogen (secondary N) is 1. The smallest absolute Gasteiger partial charge is 0.118 e. The fraction of sp³-hybridized carbons (Fsp3) is 0.200. The number of hydrogen-bond donors (Lipinski definition) is 1. The summed E-state index contributed by atoms with van der Waals surface area (Å²) in [5.41, 5.74) is 6.49. The van der Waals surface area contributed by atoms with Gasteiger partial charge in [-0.2, -0.15) is 0 Å². The van der Waals surface area contributed by atoms with Crippen molar-refractivity contribution >= 4 is 5.69 Å². The van der Waals surface area contributed by atoms with Gasteiger partial charge in [0.05, 0.1) is 18.6 Å². The Kier molecular flexibility index (Phi) is 4.36. The molecule has 2 heteroatoms. The first kappa shape index (κ1) is 19.2. The number of rotatable bonds is 4. The van der Waals surface area contributed by atoms with E-state index in [0.29, 0.717) is 0 Å². The number of anilines is 1. The lowest BCUT2D eigenvalue weighted by atomic mass is 9.54. The molecule has 1 unspecified atom stereocenters. The monoisotopic (exact) mass is 417 g/mol. The number of fused-ring (bicyclic) bond motifs is 1. The first-order valence-electron chi connectivity index (χ1n) is 11.4. The van der Waals surface area contributed by atoms with Gasteiger partial charge in [-0.15, -0.1) is 0 Å². The van der Waals surface area contributed by atoms with Crippen molar-refractivity contribution in [3.8, 4) is 5.75 Å². The van der Waals surface area contributed by atoms with E-state index >= 15 is 0 Å². The lowest BCUT2D eigenvalue weighted by Crippen LogP contribution is -2.48. The second-order valence-electron chi connectivity index (χ2n) is 9.03. The highest BCUT2D eigenvalue weighted by Crippen LogP contribution is 2.73. The van der Waals surface area contributed by atoms with Crippen LogP contribution in [0.25, 0.3) is 0 Å². The minimum absolute atomic E-state index is 0.0542. The lowest BCUT2D eigenvalue weighted by Gasteiger charge is -2.52. The SMILES string of the molecule is COc1ccc(C2Nc3ccccc3C(c3ccccc3)(c3ccccc3)C23CC3)cc1. The zero-order valence-electron chi connectivity index (χ0n) is 18.3. The third-order valence-corrected chi connectivity index (χ3v) is 7.58. The molecule has 1 saturated carbocycles. The van der Waals surface area contributed by atoms with Crippen LogP contribution in [0.3, 0.4) is 0 Å². The van der Waals surface area contributed by atoms with Crippen LogP contribution in [0.1, 0.15) is 41.1 Å². The summed E-state index contributed by atoms with van der Waals surface area (Å²) in [5, 5.41) is 3.96. The molecule has 0 saturated heterocycles. The molecular formula is C30H27NO. The molecule has 4 aromatic carbocycles. The molecule has 1 heterocycles. The number of benzene rings is 4. The van der Waals surface area contributed by atoms with Crippen LogP contribution < -0.4 is 10.1 Å². The Bertz CT molecular complexity index is 1190. The predicted molar refractivity (Wildman–Crippen MR) is 130 cm³/mol. The van der Waals surface area contributed by atoms with Crippen molar-refractivity contribution < 1.29 is 4.74 Å². The first-order valence-corrected chi connectivity index (χ1v) is 11.4. The Balaban J connectivity index is 1.67. The highest BCUT2D eigenvalue weighted by atomic mass is 16.5. The van der Waals surface area contributed by atoms with E-state index in [0.717, 1.165) is 5.75 Å². The number of hydrogen-bond acceptors (Lipinski definition) is 2. The summed E-state index contributed by atoms with van der Waals surface area (Å²) in [4.78, 5) is 0. The Morgan fingerprint density at radius 1 is 0.688 bits per heavy atom. The lowest BCUT2D eigenvalue weighted by molar-refractivity contribution is 0.286. The van der Waals surface area contributed by atoms with Crippen LogP contribution in [0.5, 0.6) is 5.75 Å². The summed E-state index contributed by atoms with van der Waals surface area (Å²) in [6.45, 7) is 0. The minimum atomic E-state index is -0.220. The molecule has 1 N–H and O–H groups in total. The molecule has 6 rings (SSSR count). The maximum absolute atomic E-state index is 5.44. The van der Waals surface area contributed by atoms with E-state index in [1.54, 1.807) is 7.11 Å². The Morgan fingerprint density at radius 2 is 1.25 bits per heavy atom. The van der Waals surface area contributed by atoms with E-state index in [-0.39, 0.29) is 16.9 Å². The Hall–Kier alpha value is -3.52. The van der Waals surface area contributed by atoms with Crippen molar-refractivity contribution in [3.63, 3.8) is 0 Å². The van der Waals surface area contributed by atoms with Crippen molar-refractivity contribution in [2.24, 2.45) is 5.41 Å². The summed E-state index contributed by atoms with van der Waals surface area (Å²) in [7, 11) is 1.72. The van der Waals surface area contributed by atoms with E-state index in [1.165, 1.54) is 40.8 Å². The maximum atomic E-state index is 5.44. The molecule has 158 valence electrons. The van der Waals surface area contributed by atoms with Gasteiger partial charge in [-0.05, 0) is 53.3 Å². The van der Waals surface area contributed by atoms with Crippen molar-refractivity contribution in [2.75, 3.05) is 12.4 Å². The number of methoxy groups -OCH3 is 1. The molecule has 4 aromatic rings. The molecule has 2 nitrogen and oxygen atoms in total. The van der Waals surface area contributed by atoms with Crippen molar-refractivity contribution in [3.05, 3.63) is 131 Å². The van der Waals surface area contributed by atoms with E-state index < -0.39 is 0 Å². The summed E-state index contributed by atoms with van der Waals surface area (Å²) in [6, 6.07) is 40.0. The molecule has 1 aliphatic carbocycles. The molecule has 0 aromatic heterocycles. The van der Waals surface area contributed by atoms with Gasteiger partial charge in [0.2, 0.25) is 0 Å². The first-order chi connectivity index (χ1) is 15.8. The van der Waals surface area contributed by atoms with Crippen molar-refractivity contribution in [1.82, 2.24) is 0 Å². The zero-order chi connectivity index (χ0) is 21.6. The third-order valence-electron chi connectivity index (χ3n) is 7.58. The van der Waals surface area contributed by atoms with Gasteiger partial charge in [-0.25, -0.2) is 0 Å². The van der Waals surface area contributed by atoms with Gasteiger partial charge >= 0.3 is 0 Å². The van der Waals surface area contributed by atoms with Gasteiger partial charge in [0.1, 0.15) is 5.75 Å². The summed E-state index contributed by atoms with van der Waals surface area (Å²) < 4.78 is 5.44. The summed E-state index contributed by atoms with van der Waals surface area (Å²) >= 11 is 0. The minimum Gasteiger partial charge on any atom is -0.497 e. The number of para-hydroxylation sites is 1. The largest absolute Gasteiger partial charge is 0.497 e. The van der Waals surface area contributed by atoms with Gasteiger partial charge < -0.3 is 10.1 Å². The molecule has 0 radical (unpaired) electrons. The topological polar surface area (TPSA) is 21.3 Å².